The van der Waals surface area contributed by atoms with Crippen LogP contribution in [0, 0.1) is 12.8 Å². The van der Waals surface area contributed by atoms with Gasteiger partial charge in [-0.1, -0.05) is 0 Å². The van der Waals surface area contributed by atoms with Crippen molar-refractivity contribution in [2.24, 2.45) is 5.92 Å². The van der Waals surface area contributed by atoms with Gasteiger partial charge in [0.15, 0.2) is 0 Å². The molecular weight excluding hydrogens is 268 g/mol. The van der Waals surface area contributed by atoms with E-state index in [1.165, 1.54) is 6.07 Å². The Labute approximate surface area is 122 Å². The van der Waals surface area contributed by atoms with Gasteiger partial charge in [0, 0.05) is 36.8 Å². The lowest BCUT2D eigenvalue weighted by Gasteiger charge is -2.20. The Hall–Kier alpha value is -2.37. The quantitative estimate of drug-likeness (QED) is 0.780. The van der Waals surface area contributed by atoms with E-state index in [0.717, 1.165) is 35.6 Å². The Kier molecular flexibility index (Phi) is 3.60. The molecule has 0 fully saturated rings. The summed E-state index contributed by atoms with van der Waals surface area (Å²) < 4.78 is 0. The Morgan fingerprint density at radius 2 is 2.38 bits per heavy atom. The highest BCUT2D eigenvalue weighted by molar-refractivity contribution is 5.79. The Balaban J connectivity index is 1.60. The molecule has 1 aliphatic rings. The van der Waals surface area contributed by atoms with E-state index in [4.69, 9.17) is 0 Å². The number of H-pyrrole nitrogens is 2. The third kappa shape index (κ3) is 3.04. The molecule has 0 bridgehead atoms. The molecule has 0 aromatic carbocycles. The zero-order valence-electron chi connectivity index (χ0n) is 11.9. The number of rotatable bonds is 3. The highest BCUT2D eigenvalue weighted by Crippen LogP contribution is 2.23. The first kappa shape index (κ1) is 13.6. The summed E-state index contributed by atoms with van der Waals surface area (Å²) in [4.78, 5) is 33.6. The maximum absolute atomic E-state index is 12.2. The molecule has 2 aromatic heterocycles. The van der Waals surface area contributed by atoms with Gasteiger partial charge in [0.25, 0.3) is 0 Å². The van der Waals surface area contributed by atoms with Crippen molar-refractivity contribution in [2.75, 3.05) is 0 Å². The van der Waals surface area contributed by atoms with Gasteiger partial charge in [-0.25, -0.2) is 4.98 Å². The van der Waals surface area contributed by atoms with Crippen molar-refractivity contribution in [3.63, 3.8) is 0 Å². The smallest absolute Gasteiger partial charge is 0.248 e. The summed E-state index contributed by atoms with van der Waals surface area (Å²) in [7, 11) is 0. The minimum Gasteiger partial charge on any atom is -0.352 e. The van der Waals surface area contributed by atoms with Gasteiger partial charge in [0.2, 0.25) is 11.5 Å². The highest BCUT2D eigenvalue weighted by Gasteiger charge is 2.26. The molecule has 0 saturated carbocycles. The third-order valence-corrected chi connectivity index (χ3v) is 3.84. The predicted molar refractivity (Wildman–Crippen MR) is 77.7 cm³/mol. The fourth-order valence-corrected chi connectivity index (χ4v) is 2.78. The van der Waals surface area contributed by atoms with E-state index in [1.807, 2.05) is 6.92 Å². The Morgan fingerprint density at radius 3 is 3.19 bits per heavy atom. The van der Waals surface area contributed by atoms with E-state index in [0.29, 0.717) is 13.0 Å². The van der Waals surface area contributed by atoms with E-state index in [-0.39, 0.29) is 17.4 Å². The van der Waals surface area contributed by atoms with Crippen molar-refractivity contribution < 1.29 is 4.79 Å². The van der Waals surface area contributed by atoms with Crippen LogP contribution >= 0.6 is 0 Å². The van der Waals surface area contributed by atoms with E-state index in [1.54, 1.807) is 12.3 Å². The van der Waals surface area contributed by atoms with Crippen LogP contribution in [-0.4, -0.2) is 20.9 Å². The lowest BCUT2D eigenvalue weighted by atomic mass is 9.89. The fraction of sp³-hybridized carbons (Fsp3) is 0.400. The average molecular weight is 286 g/mol. The van der Waals surface area contributed by atoms with Crippen LogP contribution in [0.1, 0.15) is 29.2 Å². The molecular formula is C15H18N4O2. The summed E-state index contributed by atoms with van der Waals surface area (Å²) in [6.45, 7) is 2.31. The van der Waals surface area contributed by atoms with Crippen LogP contribution in [0.2, 0.25) is 0 Å². The van der Waals surface area contributed by atoms with Crippen molar-refractivity contribution in [3.8, 4) is 0 Å². The van der Waals surface area contributed by atoms with Gasteiger partial charge >= 0.3 is 0 Å². The largest absolute Gasteiger partial charge is 0.352 e. The van der Waals surface area contributed by atoms with Gasteiger partial charge in [-0.2, -0.15) is 0 Å². The van der Waals surface area contributed by atoms with Crippen LogP contribution in [0.25, 0.3) is 0 Å². The molecule has 6 nitrogen and oxygen atoms in total. The predicted octanol–water partition coefficient (Wildman–Crippen LogP) is 0.828. The van der Waals surface area contributed by atoms with Gasteiger partial charge in [0.05, 0.1) is 5.69 Å². The zero-order valence-corrected chi connectivity index (χ0v) is 11.9. The van der Waals surface area contributed by atoms with E-state index >= 15 is 0 Å². The molecule has 0 unspecified atom stereocenters. The molecule has 0 radical (unpaired) electrons. The van der Waals surface area contributed by atoms with Crippen LogP contribution in [0.15, 0.2) is 23.1 Å². The maximum atomic E-state index is 12.2. The summed E-state index contributed by atoms with van der Waals surface area (Å²) in [5.74, 6) is 0.914. The van der Waals surface area contributed by atoms with Crippen molar-refractivity contribution in [1.82, 2.24) is 20.3 Å². The molecule has 0 aliphatic heterocycles. The molecule has 1 atom stereocenters. The van der Waals surface area contributed by atoms with Gasteiger partial charge in [-0.15, -0.1) is 0 Å². The summed E-state index contributed by atoms with van der Waals surface area (Å²) in [6, 6.07) is 3.29. The van der Waals surface area contributed by atoms with Crippen LogP contribution in [0.4, 0.5) is 0 Å². The Morgan fingerprint density at radius 1 is 1.52 bits per heavy atom. The molecule has 3 rings (SSSR count). The molecule has 2 heterocycles. The van der Waals surface area contributed by atoms with Crippen molar-refractivity contribution in [1.29, 1.82) is 0 Å². The number of nitrogens with one attached hydrogen (secondary N) is 3. The van der Waals surface area contributed by atoms with Crippen molar-refractivity contribution >= 4 is 5.91 Å². The standard InChI is InChI=1S/C15H18N4O2/c1-9-18-12-3-2-11(7-13(12)19-9)15(21)17-8-10-4-5-16-14(20)6-10/h4-6,11H,2-3,7-8H2,1H3,(H,16,20)(H,17,21)(H,18,19)/t11-/m0/s1. The average Bonchev–Trinajstić information content (AvgIpc) is 2.84. The number of imidazole rings is 1. The number of hydrogen-bond acceptors (Lipinski definition) is 3. The van der Waals surface area contributed by atoms with E-state index in [9.17, 15) is 9.59 Å². The molecule has 1 amide bonds. The van der Waals surface area contributed by atoms with Crippen LogP contribution in [0.5, 0.6) is 0 Å². The molecule has 3 N–H and O–H groups in total. The van der Waals surface area contributed by atoms with Crippen LogP contribution < -0.4 is 10.9 Å². The number of hydrogen-bond donors (Lipinski definition) is 3. The van der Waals surface area contributed by atoms with E-state index < -0.39 is 0 Å². The minimum atomic E-state index is -0.156. The second-order valence-electron chi connectivity index (χ2n) is 5.47. The Bertz CT molecular complexity index is 716. The number of aromatic amines is 2. The van der Waals surface area contributed by atoms with Gasteiger partial charge < -0.3 is 15.3 Å². The summed E-state index contributed by atoms with van der Waals surface area (Å²) in [6.07, 6.45) is 3.95. The molecule has 0 saturated heterocycles. The van der Waals surface area contributed by atoms with Crippen LogP contribution in [-0.2, 0) is 24.2 Å². The normalized spacial score (nSPS) is 17.3. The number of carbonyl (C=O) groups is 1. The first-order chi connectivity index (χ1) is 10.1. The number of aryl methyl sites for hydroxylation is 2. The third-order valence-electron chi connectivity index (χ3n) is 3.84. The molecule has 110 valence electrons. The number of fused-ring (bicyclic) bond motifs is 1. The number of nitrogens with zero attached hydrogens (tertiary/aromatic N) is 1. The molecule has 1 aliphatic carbocycles. The lowest BCUT2D eigenvalue weighted by molar-refractivity contribution is -0.125. The zero-order chi connectivity index (χ0) is 14.8. The monoisotopic (exact) mass is 286 g/mol. The van der Waals surface area contributed by atoms with Gasteiger partial charge in [-0.3, -0.25) is 9.59 Å². The molecule has 6 heteroatoms. The molecule has 21 heavy (non-hydrogen) atoms. The first-order valence-corrected chi connectivity index (χ1v) is 7.11. The number of amides is 1. The fourth-order valence-electron chi connectivity index (χ4n) is 2.78. The lowest BCUT2D eigenvalue weighted by Crippen LogP contribution is -2.34. The summed E-state index contributed by atoms with van der Waals surface area (Å²) in [5, 5.41) is 2.91. The second-order valence-corrected chi connectivity index (χ2v) is 5.47. The summed E-state index contributed by atoms with van der Waals surface area (Å²) in [5.41, 5.74) is 2.82. The highest BCUT2D eigenvalue weighted by atomic mass is 16.2. The number of aromatic nitrogens is 3. The SMILES string of the molecule is Cc1nc2c([nH]1)C[C@@H](C(=O)NCc1cc[nH]c(=O)c1)CC2. The molecule has 2 aromatic rings. The van der Waals surface area contributed by atoms with Gasteiger partial charge in [-0.05, 0) is 31.4 Å². The van der Waals surface area contributed by atoms with Crippen LogP contribution in [0.3, 0.4) is 0 Å². The van der Waals surface area contributed by atoms with E-state index in [2.05, 4.69) is 20.3 Å². The first-order valence-electron chi connectivity index (χ1n) is 7.11. The van der Waals surface area contributed by atoms with Crippen molar-refractivity contribution in [3.05, 3.63) is 51.5 Å². The molecule has 0 spiro atoms. The van der Waals surface area contributed by atoms with Gasteiger partial charge in [0.1, 0.15) is 5.82 Å². The maximum Gasteiger partial charge on any atom is 0.248 e. The number of pyridine rings is 1. The topological polar surface area (TPSA) is 90.6 Å². The summed E-state index contributed by atoms with van der Waals surface area (Å²) >= 11 is 0. The number of carbonyl (C=O) groups excluding carboxylic acids is 1. The second kappa shape index (κ2) is 5.55. The minimum absolute atomic E-state index is 0.0284. The van der Waals surface area contributed by atoms with Crippen molar-refractivity contribution in [2.45, 2.75) is 32.7 Å².